The molecule has 0 saturated carbocycles. The number of carbonyl (C=O) groups is 1. The van der Waals surface area contributed by atoms with E-state index in [-0.39, 0.29) is 11.4 Å². The molecule has 0 amide bonds. The van der Waals surface area contributed by atoms with Crippen molar-refractivity contribution in [1.29, 1.82) is 0 Å². The molecule has 0 heterocycles. The number of benzene rings is 6. The Hall–Kier alpha value is -4.89. The van der Waals surface area contributed by atoms with Crippen LogP contribution in [0.4, 0.5) is 0 Å². The maximum Gasteiger partial charge on any atom is 0.339 e. The third kappa shape index (κ3) is 4.78. The van der Waals surface area contributed by atoms with Gasteiger partial charge in [-0.15, -0.1) is 0 Å². The molecule has 45 heavy (non-hydrogen) atoms. The van der Waals surface area contributed by atoms with E-state index in [1.165, 1.54) is 27.8 Å². The fourth-order valence-corrected chi connectivity index (χ4v) is 7.65. The summed E-state index contributed by atoms with van der Waals surface area (Å²) in [4.78, 5) is 14.6. The SMILES string of the molecule is COc1ccc2ccccc2c1-c1c(C(=O)O[C@H]2c3c(cccc3-c3c(C)cc(C)cc3C)CC2(C)C)ccc2ccccc12. The van der Waals surface area contributed by atoms with Gasteiger partial charge in [0, 0.05) is 22.1 Å². The Morgan fingerprint density at radius 2 is 1.33 bits per heavy atom. The van der Waals surface area contributed by atoms with Crippen molar-refractivity contribution >= 4 is 27.5 Å². The van der Waals surface area contributed by atoms with Crippen molar-refractivity contribution in [3.05, 3.63) is 137 Å². The van der Waals surface area contributed by atoms with Crippen LogP contribution in [-0.2, 0) is 11.2 Å². The number of aryl methyl sites for hydroxylation is 3. The van der Waals surface area contributed by atoms with Crippen LogP contribution in [0.15, 0.2) is 103 Å². The fraction of sp³-hybridized carbons (Fsp3) is 0.214. The molecule has 1 aliphatic carbocycles. The summed E-state index contributed by atoms with van der Waals surface area (Å²) in [5, 5.41) is 4.15. The van der Waals surface area contributed by atoms with E-state index >= 15 is 0 Å². The zero-order valence-electron chi connectivity index (χ0n) is 26.8. The first kappa shape index (κ1) is 28.9. The van der Waals surface area contributed by atoms with Crippen molar-refractivity contribution in [3.8, 4) is 28.0 Å². The smallest absolute Gasteiger partial charge is 0.339 e. The van der Waals surface area contributed by atoms with Crippen molar-refractivity contribution in [3.63, 3.8) is 0 Å². The molecule has 0 fully saturated rings. The molecule has 6 aromatic rings. The van der Waals surface area contributed by atoms with Crippen LogP contribution in [0.3, 0.4) is 0 Å². The average Bonchev–Trinajstić information content (AvgIpc) is 3.28. The lowest BCUT2D eigenvalue weighted by molar-refractivity contribution is -0.00153. The molecule has 0 aliphatic heterocycles. The summed E-state index contributed by atoms with van der Waals surface area (Å²) in [6.07, 6.45) is 0.421. The highest BCUT2D eigenvalue weighted by molar-refractivity contribution is 6.14. The van der Waals surface area contributed by atoms with E-state index in [1.54, 1.807) is 7.11 Å². The van der Waals surface area contributed by atoms with Crippen molar-refractivity contribution in [2.75, 3.05) is 7.11 Å². The van der Waals surface area contributed by atoms with Gasteiger partial charge < -0.3 is 9.47 Å². The number of fused-ring (bicyclic) bond motifs is 3. The molecule has 6 aromatic carbocycles. The van der Waals surface area contributed by atoms with Crippen LogP contribution >= 0.6 is 0 Å². The van der Waals surface area contributed by atoms with Crippen molar-refractivity contribution in [2.24, 2.45) is 5.41 Å². The van der Waals surface area contributed by atoms with E-state index in [4.69, 9.17) is 9.47 Å². The minimum Gasteiger partial charge on any atom is -0.496 e. The van der Waals surface area contributed by atoms with Crippen LogP contribution in [0.5, 0.6) is 5.75 Å². The van der Waals surface area contributed by atoms with E-state index in [1.807, 2.05) is 42.5 Å². The molecule has 0 radical (unpaired) electrons. The number of hydrogen-bond acceptors (Lipinski definition) is 3. The Morgan fingerprint density at radius 1 is 0.711 bits per heavy atom. The third-order valence-corrected chi connectivity index (χ3v) is 9.50. The van der Waals surface area contributed by atoms with E-state index < -0.39 is 6.10 Å². The van der Waals surface area contributed by atoms with E-state index in [9.17, 15) is 4.79 Å². The first-order chi connectivity index (χ1) is 21.7. The molecule has 7 rings (SSSR count). The molecule has 0 N–H and O–H groups in total. The highest BCUT2D eigenvalue weighted by Crippen LogP contribution is 2.52. The van der Waals surface area contributed by atoms with E-state index in [0.717, 1.165) is 56.0 Å². The second-order valence-corrected chi connectivity index (χ2v) is 13.2. The maximum absolute atomic E-state index is 14.6. The van der Waals surface area contributed by atoms with Crippen molar-refractivity contribution < 1.29 is 14.3 Å². The molecule has 3 nitrogen and oxygen atoms in total. The Balaban J connectivity index is 1.42. The normalized spacial score (nSPS) is 15.3. The molecule has 3 heteroatoms. The number of carbonyl (C=O) groups excluding carboxylic acids is 1. The highest BCUT2D eigenvalue weighted by atomic mass is 16.5. The average molecular weight is 591 g/mol. The summed E-state index contributed by atoms with van der Waals surface area (Å²) in [6.45, 7) is 10.9. The zero-order valence-corrected chi connectivity index (χ0v) is 26.8. The summed E-state index contributed by atoms with van der Waals surface area (Å²) >= 11 is 0. The van der Waals surface area contributed by atoms with Gasteiger partial charge in [0.25, 0.3) is 0 Å². The first-order valence-electron chi connectivity index (χ1n) is 15.7. The molecule has 1 aliphatic rings. The standard InChI is InChI=1S/C42H38O3/c1-25-22-26(2)36(27(3)23-25)33-17-11-14-30-24-42(4,5)40(37(30)33)45-41(43)34-20-18-28-12-7-9-15-31(28)38(34)39-32-16-10-8-13-29(32)19-21-35(39)44-6/h7-23,40H,24H2,1-6H3/t40-/m0/s1. The van der Waals surface area contributed by atoms with Crippen LogP contribution in [0.2, 0.25) is 0 Å². The quantitative estimate of drug-likeness (QED) is 0.187. The van der Waals surface area contributed by atoms with Gasteiger partial charge in [-0.05, 0) is 88.7 Å². The minimum absolute atomic E-state index is 0.283. The lowest BCUT2D eigenvalue weighted by atomic mass is 9.84. The monoisotopic (exact) mass is 590 g/mol. The first-order valence-corrected chi connectivity index (χ1v) is 15.7. The molecular formula is C42H38O3. The van der Waals surface area contributed by atoms with Gasteiger partial charge in [0.2, 0.25) is 0 Å². The topological polar surface area (TPSA) is 35.5 Å². The molecule has 0 saturated heterocycles. The predicted octanol–water partition coefficient (Wildman–Crippen LogP) is 10.7. The van der Waals surface area contributed by atoms with Gasteiger partial charge in [-0.3, -0.25) is 0 Å². The van der Waals surface area contributed by atoms with E-state index in [2.05, 4.69) is 95.3 Å². The minimum atomic E-state index is -0.412. The molecule has 0 bridgehead atoms. The summed E-state index contributed by atoms with van der Waals surface area (Å²) in [5.41, 5.74) is 10.4. The summed E-state index contributed by atoms with van der Waals surface area (Å²) in [7, 11) is 1.69. The largest absolute Gasteiger partial charge is 0.496 e. The Labute approximate surface area is 265 Å². The van der Waals surface area contributed by atoms with Gasteiger partial charge in [-0.2, -0.15) is 0 Å². The Kier molecular flexibility index (Phi) is 7.00. The lowest BCUT2D eigenvalue weighted by Gasteiger charge is -2.29. The summed E-state index contributed by atoms with van der Waals surface area (Å²) in [5.74, 6) is 0.391. The number of esters is 1. The number of ether oxygens (including phenoxy) is 2. The van der Waals surface area contributed by atoms with Crippen molar-refractivity contribution in [2.45, 2.75) is 47.1 Å². The van der Waals surface area contributed by atoms with Gasteiger partial charge in [0.1, 0.15) is 11.9 Å². The molecule has 0 spiro atoms. The second-order valence-electron chi connectivity index (χ2n) is 13.2. The molecule has 0 aromatic heterocycles. The predicted molar refractivity (Wildman–Crippen MR) is 185 cm³/mol. The van der Waals surface area contributed by atoms with Gasteiger partial charge >= 0.3 is 5.97 Å². The molecule has 1 atom stereocenters. The number of methoxy groups -OCH3 is 1. The Bertz CT molecular complexity index is 2110. The van der Waals surface area contributed by atoms with Gasteiger partial charge in [0.05, 0.1) is 12.7 Å². The van der Waals surface area contributed by atoms with Crippen LogP contribution in [-0.4, -0.2) is 13.1 Å². The molecule has 224 valence electrons. The van der Waals surface area contributed by atoms with Gasteiger partial charge in [-0.1, -0.05) is 110 Å². The van der Waals surface area contributed by atoms with Crippen molar-refractivity contribution in [1.82, 2.24) is 0 Å². The molecule has 0 unspecified atom stereocenters. The van der Waals surface area contributed by atoms with Gasteiger partial charge in [0.15, 0.2) is 0 Å². The van der Waals surface area contributed by atoms with Crippen LogP contribution < -0.4 is 4.74 Å². The van der Waals surface area contributed by atoms with E-state index in [0.29, 0.717) is 5.56 Å². The molecular weight excluding hydrogens is 552 g/mol. The van der Waals surface area contributed by atoms with Crippen LogP contribution in [0.1, 0.15) is 58.1 Å². The number of rotatable bonds is 5. The summed E-state index contributed by atoms with van der Waals surface area (Å²) < 4.78 is 12.7. The Morgan fingerprint density at radius 3 is 2.00 bits per heavy atom. The fourth-order valence-electron chi connectivity index (χ4n) is 7.65. The van der Waals surface area contributed by atoms with Gasteiger partial charge in [-0.25, -0.2) is 4.79 Å². The second kappa shape index (κ2) is 10.9. The highest BCUT2D eigenvalue weighted by Gasteiger charge is 2.44. The number of hydrogen-bond donors (Lipinski definition) is 0. The third-order valence-electron chi connectivity index (χ3n) is 9.50. The zero-order chi connectivity index (χ0) is 31.5. The lowest BCUT2D eigenvalue weighted by Crippen LogP contribution is -2.24. The maximum atomic E-state index is 14.6. The van der Waals surface area contributed by atoms with Crippen LogP contribution in [0, 0.1) is 26.2 Å². The summed E-state index contributed by atoms with van der Waals surface area (Å²) in [6, 6.07) is 35.5. The van der Waals surface area contributed by atoms with Crippen LogP contribution in [0.25, 0.3) is 43.8 Å².